The fraction of sp³-hybridized carbons (Fsp3) is 0.519. The maximum atomic E-state index is 13.2. The van der Waals surface area contributed by atoms with Gasteiger partial charge in [0.05, 0.1) is 19.6 Å². The normalized spacial score (nSPS) is 36.0. The first-order valence-electron chi connectivity index (χ1n) is 13.3. The van der Waals surface area contributed by atoms with Crippen molar-refractivity contribution in [1.82, 2.24) is 0 Å². The number of rotatable bonds is 7. The number of aliphatic hydroxyl groups is 8. The molecular weight excluding hydrogens is 580 g/mol. The number of hydrogen-bond donors (Lipinski definition) is 10. The Bertz CT molecular complexity index is 1300. The van der Waals surface area contributed by atoms with Crippen LogP contribution < -0.4 is 14.2 Å². The standard InChI is InChI=1S/C27H32O16/c28-7-15-18(32)21(35)23(37)26(41-15)40-14-6-13-17(11(31)5-12(39-13)9-1-3-10(30)4-2-9)20(34)25(14)43-27-24(38)22(36)19(33)16(8-29)42-27/h1-4,6,12,15-16,18-19,21-24,26-30,32-38H,5,7-8H2/t12-,15-,16-,18-,19-,21+,22+,23-,24+,26-,27+/m1/s1. The van der Waals surface area contributed by atoms with Crippen LogP contribution in [0, 0.1) is 0 Å². The van der Waals surface area contributed by atoms with E-state index in [4.69, 9.17) is 23.7 Å². The zero-order valence-corrected chi connectivity index (χ0v) is 22.3. The number of aliphatic hydroxyl groups excluding tert-OH is 8. The average molecular weight is 613 g/mol. The number of carbonyl (C=O) groups is 1. The molecule has 16 heteroatoms. The summed E-state index contributed by atoms with van der Waals surface area (Å²) in [5.41, 5.74) is 0.144. The minimum atomic E-state index is -1.93. The molecule has 0 saturated carbocycles. The zero-order chi connectivity index (χ0) is 31.2. The van der Waals surface area contributed by atoms with E-state index in [-0.39, 0.29) is 23.5 Å². The summed E-state index contributed by atoms with van der Waals surface area (Å²) >= 11 is 0. The van der Waals surface area contributed by atoms with Crippen LogP contribution in [0.25, 0.3) is 0 Å². The van der Waals surface area contributed by atoms with Crippen molar-refractivity contribution in [3.63, 3.8) is 0 Å². The van der Waals surface area contributed by atoms with Crippen molar-refractivity contribution < 1.29 is 79.5 Å². The van der Waals surface area contributed by atoms with E-state index in [0.717, 1.165) is 6.07 Å². The van der Waals surface area contributed by atoms with E-state index in [1.807, 2.05) is 0 Å². The first kappa shape index (κ1) is 31.1. The van der Waals surface area contributed by atoms with Crippen LogP contribution in [-0.2, 0) is 9.47 Å². The topological polar surface area (TPSA) is 266 Å². The minimum absolute atomic E-state index is 0.0193. The molecule has 236 valence electrons. The predicted molar refractivity (Wildman–Crippen MR) is 137 cm³/mol. The third-order valence-electron chi connectivity index (χ3n) is 7.54. The number of fused-ring (bicyclic) bond motifs is 1. The summed E-state index contributed by atoms with van der Waals surface area (Å²) in [5, 5.41) is 102. The SMILES string of the molecule is O=C1C[C@H](c2ccc(O)cc2)Oc2cc(O[C@@H]3O[C@H](CO)[C@@H](O)[C@H](O)[C@H]3O)c(O[C@@H]3O[C@H](CO)[C@@H](O)[C@H](O)[C@@H]3O)c(O)c21. The third kappa shape index (κ3) is 5.82. The Kier molecular flexibility index (Phi) is 8.96. The third-order valence-corrected chi connectivity index (χ3v) is 7.54. The highest BCUT2D eigenvalue weighted by atomic mass is 16.7. The molecule has 43 heavy (non-hydrogen) atoms. The Morgan fingerprint density at radius 2 is 1.28 bits per heavy atom. The minimum Gasteiger partial charge on any atom is -0.508 e. The summed E-state index contributed by atoms with van der Waals surface area (Å²) < 4.78 is 28.0. The highest BCUT2D eigenvalue weighted by molar-refractivity contribution is 6.03. The van der Waals surface area contributed by atoms with Crippen LogP contribution in [0.2, 0.25) is 0 Å². The highest BCUT2D eigenvalue weighted by Crippen LogP contribution is 2.50. The van der Waals surface area contributed by atoms with Crippen molar-refractivity contribution in [1.29, 1.82) is 0 Å². The van der Waals surface area contributed by atoms with Gasteiger partial charge in [0.2, 0.25) is 18.3 Å². The van der Waals surface area contributed by atoms with Crippen LogP contribution in [0.4, 0.5) is 0 Å². The van der Waals surface area contributed by atoms with E-state index < -0.39 is 104 Å². The Morgan fingerprint density at radius 1 is 0.744 bits per heavy atom. The number of aromatic hydroxyl groups is 2. The fourth-order valence-electron chi connectivity index (χ4n) is 5.08. The van der Waals surface area contributed by atoms with E-state index in [1.54, 1.807) is 0 Å². The number of phenols is 2. The van der Waals surface area contributed by atoms with E-state index in [0.29, 0.717) is 5.56 Å². The summed E-state index contributed by atoms with van der Waals surface area (Å²) in [4.78, 5) is 13.2. The second-order valence-electron chi connectivity index (χ2n) is 10.4. The summed E-state index contributed by atoms with van der Waals surface area (Å²) in [6.07, 6.45) is -18.5. The molecule has 3 heterocycles. The molecule has 0 aliphatic carbocycles. The van der Waals surface area contributed by atoms with Gasteiger partial charge in [-0.15, -0.1) is 0 Å². The highest BCUT2D eigenvalue weighted by Gasteiger charge is 2.48. The van der Waals surface area contributed by atoms with Gasteiger partial charge in [0.1, 0.15) is 72.0 Å². The molecule has 0 bridgehead atoms. The monoisotopic (exact) mass is 612 g/mol. The van der Waals surface area contributed by atoms with Crippen LogP contribution >= 0.6 is 0 Å². The summed E-state index contributed by atoms with van der Waals surface area (Å²) in [5.74, 6) is -2.91. The lowest BCUT2D eigenvalue weighted by Gasteiger charge is -2.41. The molecule has 2 aromatic carbocycles. The van der Waals surface area contributed by atoms with Gasteiger partial charge >= 0.3 is 0 Å². The number of benzene rings is 2. The van der Waals surface area contributed by atoms with E-state index in [2.05, 4.69) is 0 Å². The van der Waals surface area contributed by atoms with Crippen molar-refractivity contribution in [3.05, 3.63) is 41.5 Å². The molecule has 3 aliphatic heterocycles. The number of ether oxygens (including phenoxy) is 5. The maximum Gasteiger partial charge on any atom is 0.229 e. The van der Waals surface area contributed by atoms with Gasteiger partial charge in [-0.2, -0.15) is 0 Å². The smallest absolute Gasteiger partial charge is 0.229 e. The van der Waals surface area contributed by atoms with Gasteiger partial charge in [-0.1, -0.05) is 12.1 Å². The van der Waals surface area contributed by atoms with Crippen LogP contribution in [0.5, 0.6) is 28.7 Å². The van der Waals surface area contributed by atoms with Gasteiger partial charge in [-0.05, 0) is 17.7 Å². The van der Waals surface area contributed by atoms with Crippen LogP contribution in [-0.4, -0.2) is 131 Å². The van der Waals surface area contributed by atoms with Gasteiger partial charge in [-0.25, -0.2) is 0 Å². The van der Waals surface area contributed by atoms with Crippen molar-refractivity contribution >= 4 is 5.78 Å². The Hall–Kier alpha value is -3.29. The molecule has 0 radical (unpaired) electrons. The second-order valence-corrected chi connectivity index (χ2v) is 10.4. The molecule has 0 spiro atoms. The molecule has 2 saturated heterocycles. The first-order chi connectivity index (χ1) is 20.4. The Balaban J connectivity index is 1.55. The van der Waals surface area contributed by atoms with E-state index in [1.165, 1.54) is 24.3 Å². The molecule has 10 N–H and O–H groups in total. The molecule has 5 rings (SSSR count). The summed E-state index contributed by atoms with van der Waals surface area (Å²) in [7, 11) is 0. The zero-order valence-electron chi connectivity index (χ0n) is 22.3. The molecule has 2 aromatic rings. The largest absolute Gasteiger partial charge is 0.508 e. The molecule has 3 aliphatic rings. The maximum absolute atomic E-state index is 13.2. The van der Waals surface area contributed by atoms with Gasteiger partial charge in [0.25, 0.3) is 0 Å². The first-order valence-corrected chi connectivity index (χ1v) is 13.3. The number of phenolic OH excluding ortho intramolecular Hbond substituents is 2. The van der Waals surface area contributed by atoms with E-state index in [9.17, 15) is 55.9 Å². The van der Waals surface area contributed by atoms with Gasteiger partial charge < -0.3 is 74.7 Å². The lowest BCUT2D eigenvalue weighted by Crippen LogP contribution is -2.60. The molecule has 11 atom stereocenters. The number of carbonyl (C=O) groups excluding carboxylic acids is 1. The molecule has 0 amide bonds. The molecule has 0 aromatic heterocycles. The molecular formula is C27H32O16. The Morgan fingerprint density at radius 3 is 1.81 bits per heavy atom. The summed E-state index contributed by atoms with van der Waals surface area (Å²) in [6, 6.07) is 6.92. The molecule has 2 fully saturated rings. The van der Waals surface area contributed by atoms with Gasteiger partial charge in [0.15, 0.2) is 17.3 Å². The van der Waals surface area contributed by atoms with Crippen molar-refractivity contribution in [2.45, 2.75) is 73.9 Å². The number of Topliss-reactive ketones (excluding diaryl/α,β-unsaturated/α-hetero) is 1. The fourth-order valence-corrected chi connectivity index (χ4v) is 5.08. The van der Waals surface area contributed by atoms with Gasteiger partial charge in [0, 0.05) is 6.07 Å². The van der Waals surface area contributed by atoms with Crippen LogP contribution in [0.3, 0.4) is 0 Å². The van der Waals surface area contributed by atoms with Crippen molar-refractivity contribution in [2.24, 2.45) is 0 Å². The number of ketones is 1. The summed E-state index contributed by atoms with van der Waals surface area (Å²) in [6.45, 7) is -1.57. The molecule has 16 nitrogen and oxygen atoms in total. The second kappa shape index (κ2) is 12.4. The lowest BCUT2D eigenvalue weighted by atomic mass is 9.95. The molecule has 0 unspecified atom stereocenters. The predicted octanol–water partition coefficient (Wildman–Crippen LogP) is -2.84. The van der Waals surface area contributed by atoms with Gasteiger partial charge in [-0.3, -0.25) is 4.79 Å². The quantitative estimate of drug-likeness (QED) is 0.151. The van der Waals surface area contributed by atoms with Crippen molar-refractivity contribution in [3.8, 4) is 28.7 Å². The number of hydrogen-bond acceptors (Lipinski definition) is 16. The van der Waals surface area contributed by atoms with E-state index >= 15 is 0 Å². The van der Waals surface area contributed by atoms with Crippen molar-refractivity contribution in [2.75, 3.05) is 13.2 Å². The lowest BCUT2D eigenvalue weighted by molar-refractivity contribution is -0.282. The van der Waals surface area contributed by atoms with Crippen LogP contribution in [0.1, 0.15) is 28.4 Å². The van der Waals surface area contributed by atoms with Crippen LogP contribution in [0.15, 0.2) is 30.3 Å². The average Bonchev–Trinajstić information content (AvgIpc) is 2.99. The Labute approximate surface area is 243 Å².